The second kappa shape index (κ2) is 22.1. The molecule has 0 saturated heterocycles. The average molecular weight is 660 g/mol. The van der Waals surface area contributed by atoms with Crippen LogP contribution in [-0.2, 0) is 22.7 Å². The minimum Gasteiger partial charge on any atom is -0.392 e. The van der Waals surface area contributed by atoms with Gasteiger partial charge in [-0.25, -0.2) is 0 Å². The third-order valence-electron chi connectivity index (χ3n) is 9.24. The molecular formula is C36H54B2N4O6. The van der Waals surface area contributed by atoms with Gasteiger partial charge in [-0.3, -0.25) is 9.59 Å². The van der Waals surface area contributed by atoms with Crippen LogP contribution in [0.2, 0.25) is 0 Å². The van der Waals surface area contributed by atoms with Crippen molar-refractivity contribution in [1.29, 1.82) is 0 Å². The van der Waals surface area contributed by atoms with E-state index in [9.17, 15) is 9.59 Å². The van der Waals surface area contributed by atoms with Crippen molar-refractivity contribution in [2.75, 3.05) is 0 Å². The molecule has 4 aliphatic carbocycles. The maximum absolute atomic E-state index is 10.8. The van der Waals surface area contributed by atoms with Crippen molar-refractivity contribution in [3.63, 3.8) is 0 Å². The first-order valence-corrected chi connectivity index (χ1v) is 17.4. The molecule has 10 nitrogen and oxygen atoms in total. The SMILES string of the molecule is N[C@@H]1CCC[C@H]1O.N[C@@H]1CCC[C@H]1OCc1ccccc1.[B]C(=O)N[C@@H]1CCC[C@H]1O.[B]C(=O)N[C@@H]1CCC[C@H]1OCc1ccccc1. The lowest BCUT2D eigenvalue weighted by molar-refractivity contribution is 0.0308. The fourth-order valence-electron chi connectivity index (χ4n) is 6.45. The van der Waals surface area contributed by atoms with Crippen molar-refractivity contribution >= 4 is 27.3 Å². The Morgan fingerprint density at radius 1 is 0.604 bits per heavy atom. The van der Waals surface area contributed by atoms with E-state index in [4.69, 9.17) is 46.8 Å². The zero-order chi connectivity index (χ0) is 34.7. The lowest BCUT2D eigenvalue weighted by atomic mass is 10.1. The standard InChI is InChI=1S/C13H16BNO2.C12H17NO.C6H10BNO2.C5H11NO/c14-13(16)15-11-7-4-8-12(11)17-9-10-5-2-1-3-6-10;13-11-7-4-8-12(11)14-9-10-5-2-1-3-6-10;7-6(10)8-4-2-1-3-5(4)9;6-4-2-1-3-5(4)7/h1-3,5-6,11-12H,4,7-9H2,(H,15,16);1-3,5-6,11-12H,4,7-9,13H2;4-5,9H,1-3H2,(H,8,10);4-5,7H,1-3,6H2/t2*11-,12-;2*4-,5-/m1111/s1. The highest BCUT2D eigenvalue weighted by Crippen LogP contribution is 2.24. The second-order valence-corrected chi connectivity index (χ2v) is 13.1. The van der Waals surface area contributed by atoms with Crippen LogP contribution >= 0.6 is 0 Å². The number of hydrogen-bond acceptors (Lipinski definition) is 8. The molecule has 0 heterocycles. The molecule has 2 aromatic carbocycles. The first kappa shape index (κ1) is 39.7. The molecule has 0 unspecified atom stereocenters. The van der Waals surface area contributed by atoms with Crippen molar-refractivity contribution in [3.05, 3.63) is 71.8 Å². The summed E-state index contributed by atoms with van der Waals surface area (Å²) in [5.41, 5.74) is 13.7. The molecule has 6 rings (SSSR count). The van der Waals surface area contributed by atoms with Gasteiger partial charge in [0.15, 0.2) is 11.6 Å². The maximum Gasteiger partial charge on any atom is 0.200 e. The number of carbonyl (C=O) groups is 2. The van der Waals surface area contributed by atoms with Gasteiger partial charge in [0.25, 0.3) is 0 Å². The smallest absolute Gasteiger partial charge is 0.200 e. The lowest BCUT2D eigenvalue weighted by Crippen LogP contribution is -2.40. The zero-order valence-electron chi connectivity index (χ0n) is 28.1. The molecular weight excluding hydrogens is 606 g/mol. The molecule has 0 aliphatic heterocycles. The fourth-order valence-corrected chi connectivity index (χ4v) is 6.45. The number of aliphatic hydroxyl groups is 2. The van der Waals surface area contributed by atoms with Crippen LogP contribution in [0.25, 0.3) is 0 Å². The average Bonchev–Trinajstić information content (AvgIpc) is 3.88. The molecule has 4 radical (unpaired) electrons. The van der Waals surface area contributed by atoms with Crippen molar-refractivity contribution in [2.45, 2.75) is 139 Å². The Morgan fingerprint density at radius 3 is 1.48 bits per heavy atom. The molecule has 4 aliphatic rings. The normalized spacial score (nSPS) is 28.9. The van der Waals surface area contributed by atoms with Crippen molar-refractivity contribution in [1.82, 2.24) is 10.6 Å². The molecule has 4 fully saturated rings. The van der Waals surface area contributed by atoms with Gasteiger partial charge < -0.3 is 41.8 Å². The largest absolute Gasteiger partial charge is 0.392 e. The van der Waals surface area contributed by atoms with E-state index in [1.807, 2.05) is 48.5 Å². The van der Waals surface area contributed by atoms with Gasteiger partial charge in [0, 0.05) is 12.1 Å². The van der Waals surface area contributed by atoms with E-state index in [1.165, 1.54) is 12.0 Å². The molecule has 2 aromatic rings. The Labute approximate surface area is 288 Å². The molecule has 260 valence electrons. The van der Waals surface area contributed by atoms with Crippen molar-refractivity contribution in [2.24, 2.45) is 11.5 Å². The van der Waals surface area contributed by atoms with Gasteiger partial charge in [-0.1, -0.05) is 60.7 Å². The highest BCUT2D eigenvalue weighted by atomic mass is 16.5. The van der Waals surface area contributed by atoms with Crippen molar-refractivity contribution < 1.29 is 29.3 Å². The predicted octanol–water partition coefficient (Wildman–Crippen LogP) is 3.72. The summed E-state index contributed by atoms with van der Waals surface area (Å²) in [6.45, 7) is 1.28. The lowest BCUT2D eigenvalue weighted by Gasteiger charge is -2.21. The Balaban J connectivity index is 0.000000182. The summed E-state index contributed by atoms with van der Waals surface area (Å²) in [6, 6.07) is 20.6. The van der Waals surface area contributed by atoms with E-state index in [1.54, 1.807) is 0 Å². The molecule has 0 spiro atoms. The topological polar surface area (TPSA) is 169 Å². The summed E-state index contributed by atoms with van der Waals surface area (Å²) < 4.78 is 11.6. The van der Waals surface area contributed by atoms with Crippen LogP contribution in [0, 0.1) is 0 Å². The van der Waals surface area contributed by atoms with Crippen LogP contribution in [0.3, 0.4) is 0 Å². The van der Waals surface area contributed by atoms with Crippen LogP contribution in [0.15, 0.2) is 60.7 Å². The Bertz CT molecular complexity index is 1180. The van der Waals surface area contributed by atoms with Crippen LogP contribution in [0.4, 0.5) is 9.59 Å². The number of rotatable bonds is 8. The fraction of sp³-hybridized carbons (Fsp3) is 0.611. The molecule has 0 aromatic heterocycles. The monoisotopic (exact) mass is 660 g/mol. The summed E-state index contributed by atoms with van der Waals surface area (Å²) in [7, 11) is 10.0. The third kappa shape index (κ3) is 15.2. The number of amides is 2. The van der Waals surface area contributed by atoms with Crippen LogP contribution in [0.1, 0.15) is 88.2 Å². The number of benzene rings is 2. The van der Waals surface area contributed by atoms with E-state index in [-0.39, 0.29) is 42.5 Å². The Hall–Kier alpha value is -2.73. The summed E-state index contributed by atoms with van der Waals surface area (Å²) in [6.07, 6.45) is 11.8. The zero-order valence-corrected chi connectivity index (χ0v) is 28.1. The van der Waals surface area contributed by atoms with Gasteiger partial charge in [-0.15, -0.1) is 0 Å². The number of aliphatic hydroxyl groups excluding tert-OH is 2. The van der Waals surface area contributed by atoms with Gasteiger partial charge in [0.2, 0.25) is 15.7 Å². The maximum atomic E-state index is 10.8. The van der Waals surface area contributed by atoms with Crippen LogP contribution in [0.5, 0.6) is 0 Å². The van der Waals surface area contributed by atoms with E-state index in [2.05, 4.69) is 22.8 Å². The van der Waals surface area contributed by atoms with Crippen LogP contribution < -0.4 is 22.1 Å². The van der Waals surface area contributed by atoms with Gasteiger partial charge in [0.05, 0.1) is 49.7 Å². The summed E-state index contributed by atoms with van der Waals surface area (Å²) in [4.78, 5) is 21.1. The molecule has 48 heavy (non-hydrogen) atoms. The minimum absolute atomic E-state index is 0.0659. The number of hydrogen-bond donors (Lipinski definition) is 6. The summed E-state index contributed by atoms with van der Waals surface area (Å²) >= 11 is 0. The minimum atomic E-state index is -0.550. The molecule has 0 bridgehead atoms. The quantitative estimate of drug-likeness (QED) is 0.233. The number of nitrogens with two attached hydrogens (primary N) is 2. The first-order chi connectivity index (χ1) is 23.1. The Morgan fingerprint density at radius 2 is 1.04 bits per heavy atom. The van der Waals surface area contributed by atoms with Crippen molar-refractivity contribution in [3.8, 4) is 0 Å². The second-order valence-electron chi connectivity index (χ2n) is 13.1. The Kier molecular flexibility index (Phi) is 18.3. The molecule has 8 N–H and O–H groups in total. The highest BCUT2D eigenvalue weighted by molar-refractivity contribution is 6.57. The molecule has 2 amide bonds. The molecule has 4 saturated carbocycles. The molecule has 12 heteroatoms. The van der Waals surface area contributed by atoms with Gasteiger partial charge >= 0.3 is 0 Å². The summed E-state index contributed by atoms with van der Waals surface area (Å²) in [5, 5.41) is 23.3. The van der Waals surface area contributed by atoms with E-state index in [0.717, 1.165) is 76.2 Å². The van der Waals surface area contributed by atoms with Gasteiger partial charge in [-0.05, 0) is 88.2 Å². The van der Waals surface area contributed by atoms with E-state index >= 15 is 0 Å². The van der Waals surface area contributed by atoms with E-state index in [0.29, 0.717) is 13.2 Å². The number of carbonyl (C=O) groups excluding carboxylic acids is 2. The predicted molar refractivity (Wildman–Crippen MR) is 190 cm³/mol. The molecule has 8 atom stereocenters. The number of nitrogens with one attached hydrogen (secondary N) is 2. The summed E-state index contributed by atoms with van der Waals surface area (Å²) in [5.74, 6) is -1.02. The van der Waals surface area contributed by atoms with E-state index < -0.39 is 17.7 Å². The van der Waals surface area contributed by atoms with Crippen LogP contribution in [-0.4, -0.2) is 86.1 Å². The third-order valence-corrected chi connectivity index (χ3v) is 9.24. The van der Waals surface area contributed by atoms with Gasteiger partial charge in [0.1, 0.15) is 0 Å². The first-order valence-electron chi connectivity index (χ1n) is 17.4. The number of ether oxygens (including phenoxy) is 2. The highest BCUT2D eigenvalue weighted by Gasteiger charge is 2.28. The van der Waals surface area contributed by atoms with Gasteiger partial charge in [-0.2, -0.15) is 0 Å².